The highest BCUT2D eigenvalue weighted by molar-refractivity contribution is 7.91. The Morgan fingerprint density at radius 1 is 1.04 bits per heavy atom. The Morgan fingerprint density at radius 3 is 2.27 bits per heavy atom. The Balaban J connectivity index is 1.96. The molecule has 2 aromatic carbocycles. The lowest BCUT2D eigenvalue weighted by Gasteiger charge is -2.11. The quantitative estimate of drug-likeness (QED) is 0.797. The highest BCUT2D eigenvalue weighted by Gasteiger charge is 2.17. The van der Waals surface area contributed by atoms with Gasteiger partial charge in [0.15, 0.2) is 9.84 Å². The second-order valence-electron chi connectivity index (χ2n) is 6.55. The number of sulfone groups is 1. The molecule has 1 N–H and O–H groups in total. The Bertz CT molecular complexity index is 871. The van der Waals surface area contributed by atoms with Crippen molar-refractivity contribution in [2.45, 2.75) is 45.1 Å². The number of hydrogen-bond donors (Lipinski definition) is 1. The van der Waals surface area contributed by atoms with E-state index in [1.54, 1.807) is 12.1 Å². The SMILES string of the molecule is Cc1ccc(NC(=O)CCS(=O)(=O)c2ccc(OC(C)C)cc2)cc1C. The number of ether oxygens (including phenoxy) is 1. The lowest BCUT2D eigenvalue weighted by Crippen LogP contribution is -2.17. The Morgan fingerprint density at radius 2 is 1.69 bits per heavy atom. The van der Waals surface area contributed by atoms with E-state index in [1.165, 1.54) is 12.1 Å². The summed E-state index contributed by atoms with van der Waals surface area (Å²) in [6, 6.07) is 11.9. The first-order valence-corrected chi connectivity index (χ1v) is 10.2. The van der Waals surface area contributed by atoms with Crippen LogP contribution in [0.15, 0.2) is 47.4 Å². The Hall–Kier alpha value is -2.34. The summed E-state index contributed by atoms with van der Waals surface area (Å²) < 4.78 is 30.3. The predicted octanol–water partition coefficient (Wildman–Crippen LogP) is 3.89. The van der Waals surface area contributed by atoms with Crippen LogP contribution >= 0.6 is 0 Å². The number of rotatable bonds is 7. The third kappa shape index (κ3) is 5.59. The fourth-order valence-corrected chi connectivity index (χ4v) is 3.63. The van der Waals surface area contributed by atoms with Gasteiger partial charge in [-0.3, -0.25) is 4.79 Å². The maximum absolute atomic E-state index is 12.4. The zero-order valence-corrected chi connectivity index (χ0v) is 16.4. The maximum atomic E-state index is 12.4. The Labute approximate surface area is 155 Å². The fraction of sp³-hybridized carbons (Fsp3) is 0.350. The lowest BCUT2D eigenvalue weighted by atomic mass is 10.1. The standard InChI is InChI=1S/C20H25NO4S/c1-14(2)25-18-7-9-19(10-8-18)26(23,24)12-11-20(22)21-17-6-5-15(3)16(4)13-17/h5-10,13-14H,11-12H2,1-4H3,(H,21,22). The van der Waals surface area contributed by atoms with Crippen molar-refractivity contribution in [3.05, 3.63) is 53.6 Å². The maximum Gasteiger partial charge on any atom is 0.225 e. The van der Waals surface area contributed by atoms with Crippen molar-refractivity contribution in [1.82, 2.24) is 0 Å². The molecule has 2 aromatic rings. The molecule has 0 saturated heterocycles. The monoisotopic (exact) mass is 375 g/mol. The summed E-state index contributed by atoms with van der Waals surface area (Å²) in [6.07, 6.45) is -0.0777. The van der Waals surface area contributed by atoms with E-state index in [2.05, 4.69) is 5.32 Å². The molecule has 0 saturated carbocycles. The third-order valence-corrected chi connectivity index (χ3v) is 5.68. The zero-order chi connectivity index (χ0) is 19.3. The Kier molecular flexibility index (Phi) is 6.42. The number of carbonyl (C=O) groups is 1. The average molecular weight is 375 g/mol. The average Bonchev–Trinajstić information content (AvgIpc) is 2.56. The van der Waals surface area contributed by atoms with Gasteiger partial charge in [-0.2, -0.15) is 0 Å². The molecule has 0 spiro atoms. The van der Waals surface area contributed by atoms with E-state index in [-0.39, 0.29) is 29.1 Å². The molecule has 0 bridgehead atoms. The molecule has 0 fully saturated rings. The first kappa shape index (κ1) is 20.0. The van der Waals surface area contributed by atoms with Crippen molar-refractivity contribution in [2.24, 2.45) is 0 Å². The van der Waals surface area contributed by atoms with Crippen LogP contribution in [0.25, 0.3) is 0 Å². The molecule has 0 radical (unpaired) electrons. The number of hydrogen-bond acceptors (Lipinski definition) is 4. The summed E-state index contributed by atoms with van der Waals surface area (Å²) in [7, 11) is -3.52. The van der Waals surface area contributed by atoms with Crippen molar-refractivity contribution in [2.75, 3.05) is 11.1 Å². The van der Waals surface area contributed by atoms with Crippen LogP contribution in [-0.2, 0) is 14.6 Å². The van der Waals surface area contributed by atoms with Gasteiger partial charge in [0, 0.05) is 12.1 Å². The van der Waals surface area contributed by atoms with E-state index < -0.39 is 9.84 Å². The molecule has 0 atom stereocenters. The van der Waals surface area contributed by atoms with Gasteiger partial charge in [0.2, 0.25) is 5.91 Å². The van der Waals surface area contributed by atoms with E-state index in [4.69, 9.17) is 4.74 Å². The normalized spacial score (nSPS) is 11.4. The van der Waals surface area contributed by atoms with Crippen molar-refractivity contribution in [1.29, 1.82) is 0 Å². The number of nitrogens with one attached hydrogen (secondary N) is 1. The number of amides is 1. The summed E-state index contributed by atoms with van der Waals surface area (Å²) in [5.74, 6) is 0.0525. The molecule has 0 aliphatic heterocycles. The largest absolute Gasteiger partial charge is 0.491 e. The van der Waals surface area contributed by atoms with E-state index in [0.29, 0.717) is 11.4 Å². The zero-order valence-electron chi connectivity index (χ0n) is 15.6. The van der Waals surface area contributed by atoms with E-state index >= 15 is 0 Å². The van der Waals surface area contributed by atoms with Gasteiger partial charge in [0.1, 0.15) is 5.75 Å². The van der Waals surface area contributed by atoms with Crippen LogP contribution < -0.4 is 10.1 Å². The van der Waals surface area contributed by atoms with Crippen molar-refractivity contribution in [3.63, 3.8) is 0 Å². The molecule has 0 aromatic heterocycles. The molecule has 1 amide bonds. The summed E-state index contributed by atoms with van der Waals surface area (Å²) >= 11 is 0. The van der Waals surface area contributed by atoms with E-state index in [1.807, 2.05) is 45.9 Å². The van der Waals surface area contributed by atoms with Gasteiger partial charge < -0.3 is 10.1 Å². The smallest absolute Gasteiger partial charge is 0.225 e. The van der Waals surface area contributed by atoms with Gasteiger partial charge in [0.25, 0.3) is 0 Å². The highest BCUT2D eigenvalue weighted by atomic mass is 32.2. The van der Waals surface area contributed by atoms with Crippen molar-refractivity contribution < 1.29 is 17.9 Å². The summed E-state index contributed by atoms with van der Waals surface area (Å²) in [6.45, 7) is 7.75. The second kappa shape index (κ2) is 8.36. The molecule has 0 aliphatic carbocycles. The number of aryl methyl sites for hydroxylation is 2. The minimum Gasteiger partial charge on any atom is -0.491 e. The molecule has 0 aliphatic rings. The summed E-state index contributed by atoms with van der Waals surface area (Å²) in [5.41, 5.74) is 2.88. The predicted molar refractivity (Wildman–Crippen MR) is 103 cm³/mol. The van der Waals surface area contributed by atoms with Crippen LogP contribution in [-0.4, -0.2) is 26.2 Å². The minimum absolute atomic E-state index is 0.0200. The van der Waals surface area contributed by atoms with E-state index in [9.17, 15) is 13.2 Å². The lowest BCUT2D eigenvalue weighted by molar-refractivity contribution is -0.115. The van der Waals surface area contributed by atoms with Gasteiger partial charge in [0.05, 0.1) is 16.8 Å². The number of carbonyl (C=O) groups excluding carboxylic acids is 1. The van der Waals surface area contributed by atoms with Gasteiger partial charge >= 0.3 is 0 Å². The van der Waals surface area contributed by atoms with Crippen LogP contribution in [0, 0.1) is 13.8 Å². The second-order valence-corrected chi connectivity index (χ2v) is 8.66. The first-order chi connectivity index (χ1) is 12.2. The molecule has 0 unspecified atom stereocenters. The van der Waals surface area contributed by atoms with Gasteiger partial charge in [-0.1, -0.05) is 6.07 Å². The third-order valence-electron chi connectivity index (χ3n) is 3.94. The molecule has 0 heterocycles. The van der Waals surface area contributed by atoms with Crippen LogP contribution in [0.1, 0.15) is 31.4 Å². The highest BCUT2D eigenvalue weighted by Crippen LogP contribution is 2.19. The number of benzene rings is 2. The van der Waals surface area contributed by atoms with Crippen molar-refractivity contribution in [3.8, 4) is 5.75 Å². The molecule has 6 heteroatoms. The van der Waals surface area contributed by atoms with E-state index in [0.717, 1.165) is 11.1 Å². The van der Waals surface area contributed by atoms with Crippen LogP contribution in [0.2, 0.25) is 0 Å². The summed E-state index contributed by atoms with van der Waals surface area (Å²) in [5, 5.41) is 2.74. The molecular weight excluding hydrogens is 350 g/mol. The van der Waals surface area contributed by atoms with Gasteiger partial charge in [-0.25, -0.2) is 8.42 Å². The molecule has 26 heavy (non-hydrogen) atoms. The van der Waals surface area contributed by atoms with Crippen molar-refractivity contribution >= 4 is 21.4 Å². The van der Waals surface area contributed by atoms with Crippen LogP contribution in [0.3, 0.4) is 0 Å². The molecule has 140 valence electrons. The summed E-state index contributed by atoms with van der Waals surface area (Å²) in [4.78, 5) is 12.3. The molecule has 5 nitrogen and oxygen atoms in total. The topological polar surface area (TPSA) is 72.5 Å². The fourth-order valence-electron chi connectivity index (χ4n) is 2.39. The first-order valence-electron chi connectivity index (χ1n) is 8.54. The van der Waals surface area contributed by atoms with Crippen LogP contribution in [0.4, 0.5) is 5.69 Å². The van der Waals surface area contributed by atoms with Crippen LogP contribution in [0.5, 0.6) is 5.75 Å². The van der Waals surface area contributed by atoms with Gasteiger partial charge in [-0.15, -0.1) is 0 Å². The molecule has 2 rings (SSSR count). The minimum atomic E-state index is -3.52. The number of anilines is 1. The molecular formula is C20H25NO4S. The van der Waals surface area contributed by atoms with Gasteiger partial charge in [-0.05, 0) is 75.2 Å².